The highest BCUT2D eigenvalue weighted by Crippen LogP contribution is 2.34. The van der Waals surface area contributed by atoms with Crippen molar-refractivity contribution in [1.82, 2.24) is 0 Å². The molecule has 0 rings (SSSR count). The molecule has 0 spiro atoms. The van der Waals surface area contributed by atoms with Crippen molar-refractivity contribution in [2.75, 3.05) is 0 Å². The van der Waals surface area contributed by atoms with E-state index in [-0.39, 0.29) is 5.92 Å². The van der Waals surface area contributed by atoms with Gasteiger partial charge in [0.15, 0.2) is 5.41 Å². The molecule has 0 saturated heterocycles. The van der Waals surface area contributed by atoms with Crippen LogP contribution < -0.4 is 0 Å². The van der Waals surface area contributed by atoms with Gasteiger partial charge in [-0.25, -0.2) is 0 Å². The van der Waals surface area contributed by atoms with E-state index in [2.05, 4.69) is 6.92 Å². The summed E-state index contributed by atoms with van der Waals surface area (Å²) in [4.78, 5) is 22.2. The van der Waals surface area contributed by atoms with Crippen molar-refractivity contribution in [1.29, 1.82) is 0 Å². The smallest absolute Gasteiger partial charge is 0.321 e. The normalized spacial score (nSPS) is 13.4. The number of aliphatic carboxylic acids is 2. The largest absolute Gasteiger partial charge is 0.480 e. The second kappa shape index (κ2) is 6.51. The predicted molar refractivity (Wildman–Crippen MR) is 61.3 cm³/mol. The lowest BCUT2D eigenvalue weighted by Crippen LogP contribution is -2.43. The summed E-state index contributed by atoms with van der Waals surface area (Å²) in [5, 5.41) is 18.2. The van der Waals surface area contributed by atoms with E-state index in [1.807, 2.05) is 6.92 Å². The van der Waals surface area contributed by atoms with Gasteiger partial charge in [-0.05, 0) is 19.3 Å². The molecule has 0 aromatic heterocycles. The van der Waals surface area contributed by atoms with E-state index in [0.717, 1.165) is 19.3 Å². The molecule has 0 aromatic rings. The number of carboxylic acid groups (broad SMARTS) is 2. The van der Waals surface area contributed by atoms with Crippen LogP contribution in [0, 0.1) is 11.3 Å². The summed E-state index contributed by atoms with van der Waals surface area (Å²) >= 11 is 0. The SMILES string of the molecule is CCCCCC(CC)C(C)(C(=O)O)C(=O)O. The standard InChI is InChI=1S/C12H22O4/c1-4-6-7-8-9(5-2)12(3,10(13)14)11(15)16/h9H,4-8H2,1-3H3,(H,13,14)(H,15,16). The van der Waals surface area contributed by atoms with E-state index in [9.17, 15) is 9.59 Å². The van der Waals surface area contributed by atoms with Crippen LogP contribution >= 0.6 is 0 Å². The molecule has 0 radical (unpaired) electrons. The number of rotatable bonds is 8. The van der Waals surface area contributed by atoms with E-state index in [1.165, 1.54) is 6.92 Å². The van der Waals surface area contributed by atoms with Gasteiger partial charge in [0.1, 0.15) is 0 Å². The van der Waals surface area contributed by atoms with Gasteiger partial charge < -0.3 is 10.2 Å². The monoisotopic (exact) mass is 230 g/mol. The van der Waals surface area contributed by atoms with Gasteiger partial charge in [0, 0.05) is 0 Å². The second-order valence-electron chi connectivity index (χ2n) is 4.41. The summed E-state index contributed by atoms with van der Waals surface area (Å²) in [6.07, 6.45) is 4.21. The summed E-state index contributed by atoms with van der Waals surface area (Å²) in [5.74, 6) is -2.76. The van der Waals surface area contributed by atoms with Crippen molar-refractivity contribution in [3.05, 3.63) is 0 Å². The van der Waals surface area contributed by atoms with Crippen LogP contribution in [0.5, 0.6) is 0 Å². The molecule has 0 bridgehead atoms. The number of unbranched alkanes of at least 4 members (excludes halogenated alkanes) is 2. The molecule has 0 amide bonds. The molecular formula is C12H22O4. The predicted octanol–water partition coefficient (Wildman–Crippen LogP) is 2.77. The fourth-order valence-corrected chi connectivity index (χ4v) is 1.98. The van der Waals surface area contributed by atoms with Crippen LogP contribution in [0.4, 0.5) is 0 Å². The maximum Gasteiger partial charge on any atom is 0.321 e. The van der Waals surface area contributed by atoms with E-state index in [0.29, 0.717) is 12.8 Å². The summed E-state index contributed by atoms with van der Waals surface area (Å²) in [5.41, 5.74) is -1.65. The van der Waals surface area contributed by atoms with Crippen molar-refractivity contribution in [2.24, 2.45) is 11.3 Å². The molecule has 0 aliphatic rings. The Morgan fingerprint density at radius 2 is 1.62 bits per heavy atom. The summed E-state index contributed by atoms with van der Waals surface area (Å²) in [6.45, 7) is 5.23. The van der Waals surface area contributed by atoms with Crippen LogP contribution in [0.1, 0.15) is 52.9 Å². The molecule has 4 heteroatoms. The maximum atomic E-state index is 11.1. The fourth-order valence-electron chi connectivity index (χ4n) is 1.98. The van der Waals surface area contributed by atoms with Crippen LogP contribution in [0.3, 0.4) is 0 Å². The molecule has 0 aliphatic carbocycles. The van der Waals surface area contributed by atoms with Gasteiger partial charge in [0.05, 0.1) is 0 Å². The first kappa shape index (κ1) is 14.9. The molecule has 0 aromatic carbocycles. The van der Waals surface area contributed by atoms with E-state index in [4.69, 9.17) is 10.2 Å². The molecule has 1 atom stereocenters. The molecule has 0 aliphatic heterocycles. The summed E-state index contributed by atoms with van der Waals surface area (Å²) in [7, 11) is 0. The lowest BCUT2D eigenvalue weighted by Gasteiger charge is -2.29. The third-order valence-electron chi connectivity index (χ3n) is 3.35. The Morgan fingerprint density at radius 1 is 1.12 bits per heavy atom. The Balaban J connectivity index is 4.73. The minimum absolute atomic E-state index is 0.297. The second-order valence-corrected chi connectivity index (χ2v) is 4.41. The minimum atomic E-state index is -1.65. The van der Waals surface area contributed by atoms with Crippen LogP contribution in [-0.4, -0.2) is 22.2 Å². The number of carbonyl (C=O) groups is 2. The molecule has 94 valence electrons. The molecule has 1 unspecified atom stereocenters. The van der Waals surface area contributed by atoms with E-state index < -0.39 is 17.4 Å². The van der Waals surface area contributed by atoms with Crippen molar-refractivity contribution in [3.63, 3.8) is 0 Å². The van der Waals surface area contributed by atoms with Crippen molar-refractivity contribution < 1.29 is 19.8 Å². The first-order chi connectivity index (χ1) is 7.41. The maximum absolute atomic E-state index is 11.1. The molecule has 0 heterocycles. The van der Waals surface area contributed by atoms with Crippen molar-refractivity contribution in [3.8, 4) is 0 Å². The zero-order valence-corrected chi connectivity index (χ0v) is 10.3. The average Bonchev–Trinajstić information content (AvgIpc) is 2.23. The van der Waals surface area contributed by atoms with Crippen LogP contribution in [0.15, 0.2) is 0 Å². The highest BCUT2D eigenvalue weighted by molar-refractivity contribution is 5.98. The molecule has 0 saturated carbocycles. The Hall–Kier alpha value is -1.06. The zero-order chi connectivity index (χ0) is 12.8. The quantitative estimate of drug-likeness (QED) is 0.496. The van der Waals surface area contributed by atoms with Crippen molar-refractivity contribution >= 4 is 11.9 Å². The fraction of sp³-hybridized carbons (Fsp3) is 0.833. The Labute approximate surface area is 96.7 Å². The molecule has 2 N–H and O–H groups in total. The molecule has 16 heavy (non-hydrogen) atoms. The average molecular weight is 230 g/mol. The van der Waals surface area contributed by atoms with E-state index in [1.54, 1.807) is 0 Å². The van der Waals surface area contributed by atoms with Gasteiger partial charge in [0.2, 0.25) is 0 Å². The van der Waals surface area contributed by atoms with Gasteiger partial charge in [-0.2, -0.15) is 0 Å². The Bertz CT molecular complexity index is 233. The van der Waals surface area contributed by atoms with Crippen LogP contribution in [0.2, 0.25) is 0 Å². The number of carboxylic acids is 2. The van der Waals surface area contributed by atoms with Crippen molar-refractivity contribution in [2.45, 2.75) is 52.9 Å². The number of hydrogen-bond acceptors (Lipinski definition) is 2. The lowest BCUT2D eigenvalue weighted by molar-refractivity contribution is -0.168. The van der Waals surface area contributed by atoms with Gasteiger partial charge in [-0.1, -0.05) is 39.5 Å². The first-order valence-corrected chi connectivity index (χ1v) is 5.87. The Morgan fingerprint density at radius 3 is 1.94 bits per heavy atom. The highest BCUT2D eigenvalue weighted by Gasteiger charge is 2.47. The topological polar surface area (TPSA) is 74.6 Å². The van der Waals surface area contributed by atoms with Crippen LogP contribution in [0.25, 0.3) is 0 Å². The van der Waals surface area contributed by atoms with Crippen LogP contribution in [-0.2, 0) is 9.59 Å². The van der Waals surface area contributed by atoms with Gasteiger partial charge in [0.25, 0.3) is 0 Å². The summed E-state index contributed by atoms with van der Waals surface area (Å²) < 4.78 is 0. The number of hydrogen-bond donors (Lipinski definition) is 2. The third-order valence-corrected chi connectivity index (χ3v) is 3.35. The molecule has 4 nitrogen and oxygen atoms in total. The zero-order valence-electron chi connectivity index (χ0n) is 10.3. The molecule has 0 fully saturated rings. The first-order valence-electron chi connectivity index (χ1n) is 5.87. The third kappa shape index (κ3) is 3.22. The molecular weight excluding hydrogens is 208 g/mol. The van der Waals surface area contributed by atoms with Gasteiger partial charge >= 0.3 is 11.9 Å². The Kier molecular flexibility index (Phi) is 6.08. The van der Waals surface area contributed by atoms with E-state index >= 15 is 0 Å². The summed E-state index contributed by atoms with van der Waals surface area (Å²) in [6, 6.07) is 0. The highest BCUT2D eigenvalue weighted by atomic mass is 16.4. The van der Waals surface area contributed by atoms with Gasteiger partial charge in [-0.3, -0.25) is 9.59 Å². The van der Waals surface area contributed by atoms with Gasteiger partial charge in [-0.15, -0.1) is 0 Å². The lowest BCUT2D eigenvalue weighted by atomic mass is 9.73. The minimum Gasteiger partial charge on any atom is -0.480 e.